The Bertz CT molecular complexity index is 367. The quantitative estimate of drug-likeness (QED) is 0.831. The molecule has 0 aliphatic heterocycles. The van der Waals surface area contributed by atoms with Gasteiger partial charge in [0, 0.05) is 18.4 Å². The topological polar surface area (TPSA) is 55.1 Å². The Labute approximate surface area is 95.4 Å². The highest BCUT2D eigenvalue weighted by Crippen LogP contribution is 2.40. The van der Waals surface area contributed by atoms with Crippen molar-refractivity contribution in [3.05, 3.63) is 17.5 Å². The van der Waals surface area contributed by atoms with Crippen molar-refractivity contribution in [3.63, 3.8) is 0 Å². The molecule has 0 bridgehead atoms. The largest absolute Gasteiger partial charge is 0.361 e. The number of nitrogens with zero attached hydrogens (tertiary/aromatic N) is 1. The highest BCUT2D eigenvalue weighted by atomic mass is 16.5. The van der Waals surface area contributed by atoms with E-state index in [2.05, 4.69) is 10.5 Å². The van der Waals surface area contributed by atoms with Crippen LogP contribution in [0.3, 0.4) is 0 Å². The summed E-state index contributed by atoms with van der Waals surface area (Å²) in [4.78, 5) is 11.4. The molecule has 1 heterocycles. The third-order valence-electron chi connectivity index (χ3n) is 2.62. The Morgan fingerprint density at radius 3 is 3.00 bits per heavy atom. The summed E-state index contributed by atoms with van der Waals surface area (Å²) in [6.45, 7) is 4.53. The van der Waals surface area contributed by atoms with Crippen molar-refractivity contribution in [2.45, 2.75) is 45.6 Å². The van der Waals surface area contributed by atoms with Crippen LogP contribution in [0.25, 0.3) is 0 Å². The van der Waals surface area contributed by atoms with E-state index in [0.717, 1.165) is 11.5 Å². The second-order valence-electron chi connectivity index (χ2n) is 4.87. The van der Waals surface area contributed by atoms with Crippen LogP contribution in [-0.4, -0.2) is 11.1 Å². The Balaban J connectivity index is 1.77. The SMILES string of the molecule is CC(C)CC(=O)NCc1cc(C2CC2)on1. The number of rotatable bonds is 5. The highest BCUT2D eigenvalue weighted by molar-refractivity contribution is 5.75. The summed E-state index contributed by atoms with van der Waals surface area (Å²) in [5, 5.41) is 6.78. The normalized spacial score (nSPS) is 15.4. The zero-order valence-corrected chi connectivity index (χ0v) is 9.82. The van der Waals surface area contributed by atoms with Crippen LogP contribution in [-0.2, 0) is 11.3 Å². The van der Waals surface area contributed by atoms with Crippen molar-refractivity contribution in [2.24, 2.45) is 5.92 Å². The maximum Gasteiger partial charge on any atom is 0.220 e. The third kappa shape index (κ3) is 3.08. The van der Waals surface area contributed by atoms with Crippen molar-refractivity contribution >= 4 is 5.91 Å². The maximum atomic E-state index is 11.4. The van der Waals surface area contributed by atoms with Gasteiger partial charge in [0.15, 0.2) is 0 Å². The van der Waals surface area contributed by atoms with E-state index >= 15 is 0 Å². The minimum Gasteiger partial charge on any atom is -0.361 e. The molecule has 0 radical (unpaired) electrons. The first-order chi connectivity index (χ1) is 7.65. The molecule has 4 heteroatoms. The summed E-state index contributed by atoms with van der Waals surface area (Å²) >= 11 is 0. The standard InChI is InChI=1S/C12H18N2O2/c1-8(2)5-12(15)13-7-10-6-11(16-14-10)9-3-4-9/h6,8-9H,3-5,7H2,1-2H3,(H,13,15). The van der Waals surface area contributed by atoms with Crippen LogP contribution in [0.4, 0.5) is 0 Å². The Kier molecular flexibility index (Phi) is 3.27. The molecule has 1 saturated carbocycles. The molecule has 2 rings (SSSR count). The zero-order chi connectivity index (χ0) is 11.5. The lowest BCUT2D eigenvalue weighted by Gasteiger charge is -2.04. The number of nitrogens with one attached hydrogen (secondary N) is 1. The predicted molar refractivity (Wildman–Crippen MR) is 59.8 cm³/mol. The number of hydrogen-bond donors (Lipinski definition) is 1. The Hall–Kier alpha value is -1.32. The van der Waals surface area contributed by atoms with Gasteiger partial charge in [-0.2, -0.15) is 0 Å². The van der Waals surface area contributed by atoms with E-state index in [1.807, 2.05) is 19.9 Å². The monoisotopic (exact) mass is 222 g/mol. The summed E-state index contributed by atoms with van der Waals surface area (Å²) in [6.07, 6.45) is 2.97. The predicted octanol–water partition coefficient (Wildman–Crippen LogP) is 2.21. The third-order valence-corrected chi connectivity index (χ3v) is 2.62. The van der Waals surface area contributed by atoms with Crippen LogP contribution in [0.2, 0.25) is 0 Å². The van der Waals surface area contributed by atoms with E-state index in [4.69, 9.17) is 4.52 Å². The average molecular weight is 222 g/mol. The van der Waals surface area contributed by atoms with E-state index in [1.54, 1.807) is 0 Å². The lowest BCUT2D eigenvalue weighted by atomic mass is 10.1. The number of amides is 1. The fourth-order valence-corrected chi connectivity index (χ4v) is 1.60. The van der Waals surface area contributed by atoms with Gasteiger partial charge in [0.1, 0.15) is 11.5 Å². The van der Waals surface area contributed by atoms with E-state index < -0.39 is 0 Å². The zero-order valence-electron chi connectivity index (χ0n) is 9.82. The smallest absolute Gasteiger partial charge is 0.220 e. The molecule has 0 spiro atoms. The van der Waals surface area contributed by atoms with E-state index in [0.29, 0.717) is 24.8 Å². The first-order valence-electron chi connectivity index (χ1n) is 5.87. The maximum absolute atomic E-state index is 11.4. The molecule has 0 aromatic carbocycles. The van der Waals surface area contributed by atoms with Gasteiger partial charge in [-0.3, -0.25) is 4.79 Å². The van der Waals surface area contributed by atoms with Gasteiger partial charge in [0.2, 0.25) is 5.91 Å². The minimum absolute atomic E-state index is 0.0750. The van der Waals surface area contributed by atoms with Gasteiger partial charge in [-0.05, 0) is 18.8 Å². The van der Waals surface area contributed by atoms with Gasteiger partial charge in [-0.1, -0.05) is 19.0 Å². The highest BCUT2D eigenvalue weighted by Gasteiger charge is 2.27. The van der Waals surface area contributed by atoms with Crippen molar-refractivity contribution in [1.82, 2.24) is 10.5 Å². The first-order valence-corrected chi connectivity index (χ1v) is 5.87. The summed E-state index contributed by atoms with van der Waals surface area (Å²) in [6, 6.07) is 1.95. The van der Waals surface area contributed by atoms with Crippen molar-refractivity contribution in [3.8, 4) is 0 Å². The van der Waals surface area contributed by atoms with Crippen LogP contribution in [0.5, 0.6) is 0 Å². The van der Waals surface area contributed by atoms with E-state index in [1.165, 1.54) is 12.8 Å². The van der Waals surface area contributed by atoms with Crippen LogP contribution < -0.4 is 5.32 Å². The number of carbonyl (C=O) groups excluding carboxylic acids is 1. The molecule has 1 amide bonds. The molecule has 0 atom stereocenters. The fourth-order valence-electron chi connectivity index (χ4n) is 1.60. The molecular weight excluding hydrogens is 204 g/mol. The summed E-state index contributed by atoms with van der Waals surface area (Å²) in [7, 11) is 0. The molecule has 88 valence electrons. The lowest BCUT2D eigenvalue weighted by Crippen LogP contribution is -2.23. The number of aromatic nitrogens is 1. The Morgan fingerprint density at radius 1 is 1.62 bits per heavy atom. The molecule has 0 saturated heterocycles. The van der Waals surface area contributed by atoms with Crippen LogP contribution >= 0.6 is 0 Å². The molecule has 1 aliphatic carbocycles. The summed E-state index contributed by atoms with van der Waals surface area (Å²) in [5.41, 5.74) is 0.819. The van der Waals surface area contributed by atoms with Gasteiger partial charge in [0.05, 0.1) is 6.54 Å². The summed E-state index contributed by atoms with van der Waals surface area (Å²) in [5.74, 6) is 2.01. The van der Waals surface area contributed by atoms with E-state index in [9.17, 15) is 4.79 Å². The van der Waals surface area contributed by atoms with Gasteiger partial charge < -0.3 is 9.84 Å². The van der Waals surface area contributed by atoms with Crippen molar-refractivity contribution in [1.29, 1.82) is 0 Å². The second kappa shape index (κ2) is 4.68. The molecule has 1 N–H and O–H groups in total. The summed E-state index contributed by atoms with van der Waals surface area (Å²) < 4.78 is 5.20. The number of carbonyl (C=O) groups is 1. The van der Waals surface area contributed by atoms with Crippen molar-refractivity contribution in [2.75, 3.05) is 0 Å². The molecule has 16 heavy (non-hydrogen) atoms. The molecular formula is C12H18N2O2. The van der Waals surface area contributed by atoms with Crippen LogP contribution in [0.15, 0.2) is 10.6 Å². The molecule has 1 fully saturated rings. The minimum atomic E-state index is 0.0750. The average Bonchev–Trinajstić information content (AvgIpc) is 2.94. The van der Waals surface area contributed by atoms with Gasteiger partial charge in [-0.15, -0.1) is 0 Å². The molecule has 1 aliphatic rings. The lowest BCUT2D eigenvalue weighted by molar-refractivity contribution is -0.121. The number of hydrogen-bond acceptors (Lipinski definition) is 3. The van der Waals surface area contributed by atoms with Crippen molar-refractivity contribution < 1.29 is 9.32 Å². The van der Waals surface area contributed by atoms with Crippen LogP contribution in [0, 0.1) is 5.92 Å². The van der Waals surface area contributed by atoms with E-state index in [-0.39, 0.29) is 5.91 Å². The fraction of sp³-hybridized carbons (Fsp3) is 0.667. The van der Waals surface area contributed by atoms with Gasteiger partial charge in [0.25, 0.3) is 0 Å². The van der Waals surface area contributed by atoms with Gasteiger partial charge in [-0.25, -0.2) is 0 Å². The molecule has 0 unspecified atom stereocenters. The molecule has 1 aromatic heterocycles. The first kappa shape index (κ1) is 11.2. The van der Waals surface area contributed by atoms with Gasteiger partial charge >= 0.3 is 0 Å². The van der Waals surface area contributed by atoms with Crippen LogP contribution in [0.1, 0.15) is 50.5 Å². The second-order valence-corrected chi connectivity index (χ2v) is 4.87. The molecule has 4 nitrogen and oxygen atoms in total. The Morgan fingerprint density at radius 2 is 2.38 bits per heavy atom. The molecule has 1 aromatic rings.